The molecule has 1 saturated heterocycles. The number of alkyl halides is 3. The molecule has 1 fully saturated rings. The first kappa shape index (κ1) is 23.3. The number of likely N-dealkylation sites (tertiary alicyclic amines) is 1. The minimum atomic E-state index is -4.46. The SMILES string of the molecule is O=C(CCC(F)(F)F)CN1C(=O)C2(CCN(C(=O)c3cnc4[nH]ncc4c3)C2)c2c(Cl)cccc21. The molecule has 1 unspecified atom stereocenters. The number of anilines is 1. The van der Waals surface area contributed by atoms with Gasteiger partial charge in [-0.3, -0.25) is 19.5 Å². The van der Waals surface area contributed by atoms with Gasteiger partial charge in [-0.15, -0.1) is 0 Å². The summed E-state index contributed by atoms with van der Waals surface area (Å²) in [5.41, 5.74) is 0.574. The van der Waals surface area contributed by atoms with E-state index in [-0.39, 0.29) is 25.4 Å². The predicted molar refractivity (Wildman–Crippen MR) is 120 cm³/mol. The van der Waals surface area contributed by atoms with Gasteiger partial charge in [-0.2, -0.15) is 18.3 Å². The van der Waals surface area contributed by atoms with Gasteiger partial charge in [0.25, 0.3) is 5.91 Å². The van der Waals surface area contributed by atoms with Crippen LogP contribution in [0.5, 0.6) is 0 Å². The second kappa shape index (κ2) is 8.33. The molecule has 8 nitrogen and oxygen atoms in total. The first-order valence-corrected chi connectivity index (χ1v) is 11.2. The first-order valence-electron chi connectivity index (χ1n) is 10.9. The number of benzene rings is 1. The van der Waals surface area contributed by atoms with E-state index in [1.165, 1.54) is 16.0 Å². The predicted octanol–water partition coefficient (Wildman–Crippen LogP) is 3.65. The molecule has 1 atom stereocenters. The average Bonchev–Trinajstić information content (AvgIpc) is 3.51. The summed E-state index contributed by atoms with van der Waals surface area (Å²) in [4.78, 5) is 46.1. The van der Waals surface area contributed by atoms with E-state index in [1.807, 2.05) is 0 Å². The van der Waals surface area contributed by atoms with Crippen molar-refractivity contribution < 1.29 is 27.6 Å². The molecule has 0 bridgehead atoms. The minimum absolute atomic E-state index is 0.0259. The van der Waals surface area contributed by atoms with Crippen molar-refractivity contribution in [1.82, 2.24) is 20.1 Å². The summed E-state index contributed by atoms with van der Waals surface area (Å²) < 4.78 is 37.7. The molecule has 2 amide bonds. The summed E-state index contributed by atoms with van der Waals surface area (Å²) in [7, 11) is 0. The van der Waals surface area contributed by atoms with Crippen molar-refractivity contribution in [2.24, 2.45) is 0 Å². The molecule has 4 heterocycles. The highest BCUT2D eigenvalue weighted by Crippen LogP contribution is 2.50. The summed E-state index contributed by atoms with van der Waals surface area (Å²) in [5.74, 6) is -1.47. The van der Waals surface area contributed by atoms with E-state index in [0.717, 1.165) is 0 Å². The largest absolute Gasteiger partial charge is 0.389 e. The van der Waals surface area contributed by atoms with Crippen LogP contribution in [0.2, 0.25) is 5.02 Å². The molecule has 5 rings (SSSR count). The van der Waals surface area contributed by atoms with Crippen LogP contribution in [0.1, 0.15) is 35.2 Å². The number of amides is 2. The van der Waals surface area contributed by atoms with Crippen LogP contribution >= 0.6 is 11.6 Å². The zero-order valence-electron chi connectivity index (χ0n) is 18.2. The highest BCUT2D eigenvalue weighted by Gasteiger charge is 2.56. The third-order valence-electron chi connectivity index (χ3n) is 6.53. The van der Waals surface area contributed by atoms with Crippen LogP contribution in [0.15, 0.2) is 36.7 Å². The normalized spacial score (nSPS) is 19.7. The van der Waals surface area contributed by atoms with Gasteiger partial charge in [-0.05, 0) is 24.6 Å². The highest BCUT2D eigenvalue weighted by molar-refractivity contribution is 6.33. The molecule has 2 aliphatic rings. The maximum absolute atomic E-state index is 13.7. The summed E-state index contributed by atoms with van der Waals surface area (Å²) in [5, 5.41) is 7.58. The molecule has 2 aromatic heterocycles. The van der Waals surface area contributed by atoms with Gasteiger partial charge in [0.1, 0.15) is 0 Å². The van der Waals surface area contributed by atoms with Crippen LogP contribution in [0.4, 0.5) is 18.9 Å². The van der Waals surface area contributed by atoms with Crippen LogP contribution in [0.25, 0.3) is 11.0 Å². The zero-order valence-corrected chi connectivity index (χ0v) is 19.0. The second-order valence-electron chi connectivity index (χ2n) is 8.77. The number of H-pyrrole nitrogens is 1. The monoisotopic (exact) mass is 505 g/mol. The fourth-order valence-corrected chi connectivity index (χ4v) is 5.23. The number of halogens is 4. The molecule has 0 radical (unpaired) electrons. The van der Waals surface area contributed by atoms with E-state index >= 15 is 0 Å². The van der Waals surface area contributed by atoms with Gasteiger partial charge >= 0.3 is 6.18 Å². The van der Waals surface area contributed by atoms with Gasteiger partial charge in [0, 0.05) is 41.7 Å². The molecule has 1 aromatic carbocycles. The van der Waals surface area contributed by atoms with Crippen LogP contribution in [-0.4, -0.2) is 63.5 Å². The number of aromatic amines is 1. The first-order chi connectivity index (χ1) is 16.6. The van der Waals surface area contributed by atoms with Gasteiger partial charge in [-0.1, -0.05) is 17.7 Å². The Labute approximate surface area is 202 Å². The number of pyridine rings is 1. The molecule has 12 heteroatoms. The lowest BCUT2D eigenvalue weighted by atomic mass is 9.81. The quantitative estimate of drug-likeness (QED) is 0.570. The summed E-state index contributed by atoms with van der Waals surface area (Å²) in [6.07, 6.45) is -3.19. The highest BCUT2D eigenvalue weighted by atomic mass is 35.5. The topological polar surface area (TPSA) is 99.3 Å². The number of aromatic nitrogens is 3. The number of nitrogens with zero attached hydrogens (tertiary/aromatic N) is 4. The molecule has 1 spiro atoms. The number of carbonyl (C=O) groups excluding carboxylic acids is 3. The number of rotatable bonds is 5. The van der Waals surface area contributed by atoms with E-state index in [0.29, 0.717) is 32.9 Å². The Hall–Kier alpha value is -3.47. The van der Waals surface area contributed by atoms with Crippen molar-refractivity contribution in [1.29, 1.82) is 0 Å². The second-order valence-corrected chi connectivity index (χ2v) is 9.18. The Morgan fingerprint density at radius 2 is 2.03 bits per heavy atom. The van der Waals surface area contributed by atoms with E-state index in [1.54, 1.807) is 30.5 Å². The van der Waals surface area contributed by atoms with Crippen molar-refractivity contribution in [3.8, 4) is 0 Å². The smallest absolute Gasteiger partial charge is 0.337 e. The lowest BCUT2D eigenvalue weighted by Crippen LogP contribution is -2.45. The number of fused-ring (bicyclic) bond motifs is 3. The minimum Gasteiger partial charge on any atom is -0.337 e. The van der Waals surface area contributed by atoms with Gasteiger partial charge in [-0.25, -0.2) is 4.98 Å². The summed E-state index contributed by atoms with van der Waals surface area (Å²) in [6, 6.07) is 6.50. The van der Waals surface area contributed by atoms with Crippen molar-refractivity contribution in [2.75, 3.05) is 24.5 Å². The van der Waals surface area contributed by atoms with Crippen molar-refractivity contribution in [3.63, 3.8) is 0 Å². The Morgan fingerprint density at radius 3 is 2.80 bits per heavy atom. The summed E-state index contributed by atoms with van der Waals surface area (Å²) in [6.45, 7) is -0.203. The van der Waals surface area contributed by atoms with Crippen LogP contribution < -0.4 is 4.90 Å². The van der Waals surface area contributed by atoms with Crippen LogP contribution in [0, 0.1) is 0 Å². The number of hydrogen-bond donors (Lipinski definition) is 1. The third-order valence-corrected chi connectivity index (χ3v) is 6.85. The Kier molecular flexibility index (Phi) is 5.54. The lowest BCUT2D eigenvalue weighted by Gasteiger charge is -2.25. The van der Waals surface area contributed by atoms with E-state index < -0.39 is 42.7 Å². The van der Waals surface area contributed by atoms with Gasteiger partial charge in [0.2, 0.25) is 5.91 Å². The molecule has 3 aromatic rings. The maximum Gasteiger partial charge on any atom is 0.389 e. The zero-order chi connectivity index (χ0) is 25.0. The number of nitrogens with one attached hydrogen (secondary N) is 1. The maximum atomic E-state index is 13.7. The van der Waals surface area contributed by atoms with E-state index in [2.05, 4.69) is 15.2 Å². The summed E-state index contributed by atoms with van der Waals surface area (Å²) >= 11 is 6.49. The molecule has 2 aliphatic heterocycles. The number of Topliss-reactive ketones (excluding diaryl/α,β-unsaturated/α-hetero) is 1. The molecule has 1 N–H and O–H groups in total. The molecule has 0 aliphatic carbocycles. The molecular formula is C23H19ClF3N5O3. The number of carbonyl (C=O) groups is 3. The van der Waals surface area contributed by atoms with Crippen molar-refractivity contribution in [2.45, 2.75) is 30.9 Å². The van der Waals surface area contributed by atoms with Crippen LogP contribution in [-0.2, 0) is 15.0 Å². The van der Waals surface area contributed by atoms with Gasteiger partial charge < -0.3 is 9.80 Å². The van der Waals surface area contributed by atoms with Crippen molar-refractivity contribution >= 4 is 45.9 Å². The van der Waals surface area contributed by atoms with E-state index in [9.17, 15) is 27.6 Å². The molecule has 182 valence electrons. The van der Waals surface area contributed by atoms with E-state index in [4.69, 9.17) is 11.6 Å². The van der Waals surface area contributed by atoms with Gasteiger partial charge in [0.15, 0.2) is 11.4 Å². The lowest BCUT2D eigenvalue weighted by molar-refractivity contribution is -0.142. The molecule has 0 saturated carbocycles. The number of ketones is 1. The molecular weight excluding hydrogens is 487 g/mol. The Balaban J connectivity index is 1.42. The third kappa shape index (κ3) is 4.03. The Bertz CT molecular complexity index is 1360. The average molecular weight is 506 g/mol. The fourth-order valence-electron chi connectivity index (χ4n) is 4.88. The molecule has 35 heavy (non-hydrogen) atoms. The Morgan fingerprint density at radius 1 is 1.23 bits per heavy atom. The standard InChI is InChI=1S/C23H19ClF3N5O3/c24-16-2-1-3-17-18(16)22(21(35)32(17)11-15(33)4-5-23(25,26)27)6-7-31(12-22)20(34)14-8-13-10-29-30-19(13)28-9-14/h1-3,8-10H,4-7,11-12H2,(H,28,29,30). The van der Waals surface area contributed by atoms with Crippen LogP contribution in [0.3, 0.4) is 0 Å². The number of hydrogen-bond acceptors (Lipinski definition) is 5. The fraction of sp³-hybridized carbons (Fsp3) is 0.348. The van der Waals surface area contributed by atoms with Crippen molar-refractivity contribution in [3.05, 3.63) is 52.8 Å². The van der Waals surface area contributed by atoms with Gasteiger partial charge in [0.05, 0.1) is 35.8 Å².